The third kappa shape index (κ3) is 3.13. The van der Waals surface area contributed by atoms with Crippen molar-refractivity contribution in [3.63, 3.8) is 0 Å². The first-order valence-electron chi connectivity index (χ1n) is 8.33. The van der Waals surface area contributed by atoms with Crippen LogP contribution in [0.2, 0.25) is 0 Å². The lowest BCUT2D eigenvalue weighted by Crippen LogP contribution is -2.55. The lowest BCUT2D eigenvalue weighted by molar-refractivity contribution is -0.213. The molecular formula is C16H28O5. The molecule has 1 saturated heterocycles. The molecule has 0 amide bonds. The first-order chi connectivity index (χ1) is 9.95. The minimum Gasteiger partial charge on any atom is -0.393 e. The summed E-state index contributed by atoms with van der Waals surface area (Å²) in [6, 6.07) is 0. The maximum atomic E-state index is 10.4. The Labute approximate surface area is 125 Å². The molecule has 0 radical (unpaired) electrons. The molecule has 5 nitrogen and oxygen atoms in total. The Bertz CT molecular complexity index is 363. The van der Waals surface area contributed by atoms with Crippen LogP contribution >= 0.6 is 0 Å². The zero-order chi connectivity index (χ0) is 15.1. The van der Waals surface area contributed by atoms with Gasteiger partial charge in [0, 0.05) is 5.92 Å². The van der Waals surface area contributed by atoms with Crippen LogP contribution in [0.25, 0.3) is 0 Å². The summed E-state index contributed by atoms with van der Waals surface area (Å²) in [4.78, 5) is 0. The summed E-state index contributed by atoms with van der Waals surface area (Å²) in [5.41, 5.74) is 0. The highest BCUT2D eigenvalue weighted by Gasteiger charge is 2.47. The second-order valence-electron chi connectivity index (χ2n) is 7.42. The van der Waals surface area contributed by atoms with Gasteiger partial charge in [-0.05, 0) is 50.4 Å². The summed E-state index contributed by atoms with van der Waals surface area (Å²) < 4.78 is 6.09. The summed E-state index contributed by atoms with van der Waals surface area (Å²) in [6.07, 6.45) is 1.58. The van der Waals surface area contributed by atoms with Crippen LogP contribution in [0.15, 0.2) is 0 Å². The minimum atomic E-state index is -0.591. The second kappa shape index (κ2) is 6.13. The number of fused-ring (bicyclic) bond motifs is 1. The van der Waals surface area contributed by atoms with Crippen molar-refractivity contribution in [3.8, 4) is 0 Å². The number of aliphatic hydroxyl groups is 4. The smallest absolute Gasteiger partial charge is 0.0867 e. The van der Waals surface area contributed by atoms with Gasteiger partial charge in [0.15, 0.2) is 0 Å². The molecule has 3 aliphatic rings. The highest BCUT2D eigenvalue weighted by molar-refractivity contribution is 4.96. The van der Waals surface area contributed by atoms with Crippen LogP contribution in [0.5, 0.6) is 0 Å². The Kier molecular flexibility index (Phi) is 4.58. The van der Waals surface area contributed by atoms with Gasteiger partial charge in [0.05, 0.1) is 36.6 Å². The van der Waals surface area contributed by atoms with Crippen molar-refractivity contribution < 1.29 is 25.2 Å². The molecule has 0 aromatic carbocycles. The second-order valence-corrected chi connectivity index (χ2v) is 7.42. The lowest BCUT2D eigenvalue weighted by atomic mass is 9.71. The summed E-state index contributed by atoms with van der Waals surface area (Å²) in [5.74, 6) is 0.406. The molecule has 1 heterocycles. The molecule has 4 N–H and O–H groups in total. The van der Waals surface area contributed by atoms with Gasteiger partial charge in [-0.3, -0.25) is 0 Å². The molecule has 3 rings (SSSR count). The molecule has 9 unspecified atom stereocenters. The third-order valence-corrected chi connectivity index (χ3v) is 5.87. The van der Waals surface area contributed by atoms with Crippen LogP contribution < -0.4 is 0 Å². The zero-order valence-electron chi connectivity index (χ0n) is 12.6. The summed E-state index contributed by atoms with van der Waals surface area (Å²) >= 11 is 0. The topological polar surface area (TPSA) is 90.2 Å². The molecule has 0 aromatic rings. The molecule has 2 saturated carbocycles. The molecule has 1 aliphatic heterocycles. The number of hydrogen-bond acceptors (Lipinski definition) is 5. The Morgan fingerprint density at radius 2 is 1.57 bits per heavy atom. The van der Waals surface area contributed by atoms with E-state index < -0.39 is 18.3 Å². The lowest BCUT2D eigenvalue weighted by Gasteiger charge is -2.48. The van der Waals surface area contributed by atoms with Crippen LogP contribution in [0, 0.1) is 17.8 Å². The molecule has 122 valence electrons. The van der Waals surface area contributed by atoms with Gasteiger partial charge in [-0.15, -0.1) is 0 Å². The Morgan fingerprint density at radius 1 is 0.810 bits per heavy atom. The molecule has 21 heavy (non-hydrogen) atoms. The predicted octanol–water partition coefficient (Wildman–Crippen LogP) is 0.434. The number of rotatable bonds is 1. The highest BCUT2D eigenvalue weighted by Crippen LogP contribution is 2.42. The van der Waals surface area contributed by atoms with Crippen molar-refractivity contribution >= 4 is 0 Å². The van der Waals surface area contributed by atoms with Crippen molar-refractivity contribution in [2.24, 2.45) is 17.8 Å². The minimum absolute atomic E-state index is 0.0768. The SMILES string of the molecule is CC1CCC(C2OC3CC(O)CC(O)C3CC2O)CC1O. The van der Waals surface area contributed by atoms with Crippen LogP contribution in [0.1, 0.15) is 45.4 Å². The average molecular weight is 300 g/mol. The molecule has 0 spiro atoms. The van der Waals surface area contributed by atoms with Gasteiger partial charge in [-0.2, -0.15) is 0 Å². The fourth-order valence-electron chi connectivity index (χ4n) is 4.46. The standard InChI is InChI=1S/C16H28O5/c1-8-2-3-9(4-12(8)18)16-14(20)7-11-13(19)5-10(17)6-15(11)21-16/h8-20H,2-7H2,1H3. The maximum absolute atomic E-state index is 10.4. The fourth-order valence-corrected chi connectivity index (χ4v) is 4.46. The van der Waals surface area contributed by atoms with Crippen molar-refractivity contribution in [2.75, 3.05) is 0 Å². The van der Waals surface area contributed by atoms with Crippen LogP contribution in [0.4, 0.5) is 0 Å². The van der Waals surface area contributed by atoms with Gasteiger partial charge in [-0.1, -0.05) is 6.92 Å². The zero-order valence-corrected chi connectivity index (χ0v) is 12.6. The molecule has 0 aromatic heterocycles. The van der Waals surface area contributed by atoms with E-state index in [0.29, 0.717) is 31.6 Å². The quantitative estimate of drug-likeness (QED) is 0.564. The fraction of sp³-hybridized carbons (Fsp3) is 1.00. The van der Waals surface area contributed by atoms with Crippen molar-refractivity contribution in [2.45, 2.75) is 82.1 Å². The molecule has 0 bridgehead atoms. The van der Waals surface area contributed by atoms with Gasteiger partial charge < -0.3 is 25.2 Å². The normalized spacial score (nSPS) is 55.0. The van der Waals surface area contributed by atoms with Crippen LogP contribution in [0.3, 0.4) is 0 Å². The van der Waals surface area contributed by atoms with E-state index in [1.54, 1.807) is 0 Å². The number of hydrogen-bond donors (Lipinski definition) is 4. The van der Waals surface area contributed by atoms with Crippen LogP contribution in [-0.4, -0.2) is 57.0 Å². The van der Waals surface area contributed by atoms with Crippen molar-refractivity contribution in [3.05, 3.63) is 0 Å². The highest BCUT2D eigenvalue weighted by atomic mass is 16.5. The molecule has 5 heteroatoms. The number of aliphatic hydroxyl groups excluding tert-OH is 4. The summed E-state index contributed by atoms with van der Waals surface area (Å²) in [7, 11) is 0. The maximum Gasteiger partial charge on any atom is 0.0867 e. The number of ether oxygens (including phenoxy) is 1. The Hall–Kier alpha value is -0.200. The first-order valence-corrected chi connectivity index (χ1v) is 8.33. The Balaban J connectivity index is 1.67. The Morgan fingerprint density at radius 3 is 2.29 bits per heavy atom. The average Bonchev–Trinajstić information content (AvgIpc) is 2.42. The van der Waals surface area contributed by atoms with Gasteiger partial charge in [0.1, 0.15) is 0 Å². The van der Waals surface area contributed by atoms with E-state index in [0.717, 1.165) is 12.8 Å². The van der Waals surface area contributed by atoms with Gasteiger partial charge >= 0.3 is 0 Å². The van der Waals surface area contributed by atoms with E-state index in [2.05, 4.69) is 6.92 Å². The van der Waals surface area contributed by atoms with E-state index in [1.807, 2.05) is 0 Å². The van der Waals surface area contributed by atoms with Gasteiger partial charge in [-0.25, -0.2) is 0 Å². The summed E-state index contributed by atoms with van der Waals surface area (Å²) in [6.45, 7) is 2.06. The van der Waals surface area contributed by atoms with Gasteiger partial charge in [0.25, 0.3) is 0 Å². The van der Waals surface area contributed by atoms with E-state index in [9.17, 15) is 20.4 Å². The van der Waals surface area contributed by atoms with Crippen molar-refractivity contribution in [1.82, 2.24) is 0 Å². The molecule has 2 aliphatic carbocycles. The van der Waals surface area contributed by atoms with E-state index >= 15 is 0 Å². The van der Waals surface area contributed by atoms with E-state index in [-0.39, 0.29) is 30.1 Å². The predicted molar refractivity (Wildman–Crippen MR) is 76.5 cm³/mol. The van der Waals surface area contributed by atoms with E-state index in [1.165, 1.54) is 0 Å². The third-order valence-electron chi connectivity index (χ3n) is 5.87. The molecule has 9 atom stereocenters. The monoisotopic (exact) mass is 300 g/mol. The van der Waals surface area contributed by atoms with Crippen LogP contribution in [-0.2, 0) is 4.74 Å². The summed E-state index contributed by atoms with van der Waals surface area (Å²) in [5, 5.41) is 40.4. The van der Waals surface area contributed by atoms with E-state index in [4.69, 9.17) is 4.74 Å². The molecule has 3 fully saturated rings. The van der Waals surface area contributed by atoms with Crippen molar-refractivity contribution in [1.29, 1.82) is 0 Å². The first kappa shape index (κ1) is 15.7. The largest absolute Gasteiger partial charge is 0.393 e. The molecular weight excluding hydrogens is 272 g/mol. The van der Waals surface area contributed by atoms with Gasteiger partial charge in [0.2, 0.25) is 0 Å².